The van der Waals surface area contributed by atoms with Crippen molar-refractivity contribution in [2.24, 2.45) is 0 Å². The van der Waals surface area contributed by atoms with E-state index in [0.29, 0.717) is 37.1 Å². The molecule has 164 valence electrons. The first kappa shape index (κ1) is 22.1. The van der Waals surface area contributed by atoms with E-state index in [1.165, 1.54) is 0 Å². The van der Waals surface area contributed by atoms with Crippen LogP contribution in [0.15, 0.2) is 53.4 Å². The fourth-order valence-corrected chi connectivity index (χ4v) is 5.18. The van der Waals surface area contributed by atoms with Crippen LogP contribution in [-0.2, 0) is 14.3 Å². The van der Waals surface area contributed by atoms with E-state index in [2.05, 4.69) is 10.2 Å². The predicted molar refractivity (Wildman–Crippen MR) is 124 cm³/mol. The molecule has 0 aliphatic carbocycles. The van der Waals surface area contributed by atoms with Gasteiger partial charge in [0.15, 0.2) is 0 Å². The van der Waals surface area contributed by atoms with Crippen LogP contribution in [0.1, 0.15) is 18.0 Å². The molecule has 31 heavy (non-hydrogen) atoms. The Hall–Kier alpha value is -2.06. The molecule has 2 aromatic rings. The number of thioether (sulfide) groups is 1. The molecule has 1 unspecified atom stereocenters. The molecule has 2 aromatic carbocycles. The minimum atomic E-state index is -0.0752. The van der Waals surface area contributed by atoms with Crippen molar-refractivity contribution in [2.45, 2.75) is 17.4 Å². The van der Waals surface area contributed by atoms with Crippen LogP contribution in [0, 0.1) is 0 Å². The lowest BCUT2D eigenvalue weighted by molar-refractivity contribution is -0.121. The number of nitrogens with one attached hydrogen (secondary N) is 1. The van der Waals surface area contributed by atoms with Gasteiger partial charge in [0.05, 0.1) is 30.7 Å². The van der Waals surface area contributed by atoms with Gasteiger partial charge in [-0.3, -0.25) is 14.5 Å². The van der Waals surface area contributed by atoms with E-state index in [4.69, 9.17) is 16.3 Å². The quantitative estimate of drug-likeness (QED) is 0.688. The molecule has 4 rings (SSSR count). The number of para-hydroxylation sites is 1. The van der Waals surface area contributed by atoms with E-state index < -0.39 is 0 Å². The summed E-state index contributed by atoms with van der Waals surface area (Å²) in [5.74, 6) is 0.372. The Kier molecular flexibility index (Phi) is 7.50. The molecule has 6 nitrogen and oxygen atoms in total. The van der Waals surface area contributed by atoms with Gasteiger partial charge in [0, 0.05) is 42.5 Å². The summed E-state index contributed by atoms with van der Waals surface area (Å²) in [6.07, 6.45) is 0.253. The van der Waals surface area contributed by atoms with Crippen LogP contribution >= 0.6 is 23.4 Å². The highest BCUT2D eigenvalue weighted by Crippen LogP contribution is 2.35. The van der Waals surface area contributed by atoms with Gasteiger partial charge in [0.2, 0.25) is 11.8 Å². The zero-order valence-corrected chi connectivity index (χ0v) is 18.8. The van der Waals surface area contributed by atoms with Crippen LogP contribution in [0.25, 0.3) is 0 Å². The Morgan fingerprint density at radius 1 is 1.13 bits per heavy atom. The second-order valence-corrected chi connectivity index (χ2v) is 8.97. The third kappa shape index (κ3) is 5.41. The number of anilines is 1. The van der Waals surface area contributed by atoms with Gasteiger partial charge in [-0.05, 0) is 23.8 Å². The van der Waals surface area contributed by atoms with E-state index >= 15 is 0 Å². The molecular weight excluding hydrogens is 434 g/mol. The van der Waals surface area contributed by atoms with Crippen molar-refractivity contribution in [2.75, 3.05) is 50.0 Å². The van der Waals surface area contributed by atoms with E-state index in [1.807, 2.05) is 48.5 Å². The molecule has 1 atom stereocenters. The van der Waals surface area contributed by atoms with Crippen LogP contribution in [-0.4, -0.2) is 61.9 Å². The van der Waals surface area contributed by atoms with Crippen molar-refractivity contribution < 1.29 is 14.3 Å². The number of rotatable bonds is 7. The summed E-state index contributed by atoms with van der Waals surface area (Å²) in [5, 5.41) is 3.76. The molecule has 0 saturated carbocycles. The average Bonchev–Trinajstić information content (AvgIpc) is 2.80. The summed E-state index contributed by atoms with van der Waals surface area (Å²) >= 11 is 8.01. The third-order valence-corrected chi connectivity index (χ3v) is 7.01. The molecule has 2 aliphatic rings. The summed E-state index contributed by atoms with van der Waals surface area (Å²) in [5.41, 5.74) is 1.89. The molecule has 1 fully saturated rings. The van der Waals surface area contributed by atoms with Gasteiger partial charge >= 0.3 is 0 Å². The molecular formula is C23H26ClN3O3S. The van der Waals surface area contributed by atoms with Crippen molar-refractivity contribution in [3.05, 3.63) is 59.1 Å². The maximum absolute atomic E-state index is 12.7. The number of hydrogen-bond acceptors (Lipinski definition) is 5. The van der Waals surface area contributed by atoms with E-state index in [1.54, 1.807) is 16.7 Å². The van der Waals surface area contributed by atoms with Crippen LogP contribution in [0.3, 0.4) is 0 Å². The molecule has 0 spiro atoms. The minimum Gasteiger partial charge on any atom is -0.379 e. The number of fused-ring (bicyclic) bond motifs is 1. The molecule has 0 radical (unpaired) electrons. The number of amides is 2. The largest absolute Gasteiger partial charge is 0.379 e. The van der Waals surface area contributed by atoms with E-state index in [-0.39, 0.29) is 24.3 Å². The number of carbonyl (C=O) groups is 2. The van der Waals surface area contributed by atoms with Gasteiger partial charge in [-0.2, -0.15) is 0 Å². The Morgan fingerprint density at radius 2 is 1.87 bits per heavy atom. The molecule has 8 heteroatoms. The van der Waals surface area contributed by atoms with Gasteiger partial charge in [-0.15, -0.1) is 11.8 Å². The van der Waals surface area contributed by atoms with Crippen molar-refractivity contribution in [1.29, 1.82) is 0 Å². The topological polar surface area (TPSA) is 61.9 Å². The zero-order valence-electron chi connectivity index (χ0n) is 17.3. The molecule has 2 heterocycles. The number of carbonyl (C=O) groups excluding carboxylic acids is 2. The zero-order chi connectivity index (χ0) is 21.6. The number of benzene rings is 2. The first-order valence-corrected chi connectivity index (χ1v) is 11.8. The third-order valence-electron chi connectivity index (χ3n) is 5.61. The lowest BCUT2D eigenvalue weighted by atomic mass is 10.0. The molecule has 0 bridgehead atoms. The minimum absolute atomic E-state index is 0.0182. The van der Waals surface area contributed by atoms with Crippen LogP contribution in [0.4, 0.5) is 5.69 Å². The van der Waals surface area contributed by atoms with Crippen molar-refractivity contribution in [3.63, 3.8) is 0 Å². The Labute approximate surface area is 191 Å². The molecule has 2 amide bonds. The highest BCUT2D eigenvalue weighted by molar-refractivity contribution is 8.00. The van der Waals surface area contributed by atoms with Gasteiger partial charge in [-0.25, -0.2) is 0 Å². The smallest absolute Gasteiger partial charge is 0.237 e. The summed E-state index contributed by atoms with van der Waals surface area (Å²) < 4.78 is 5.48. The number of hydrogen-bond donors (Lipinski definition) is 1. The molecule has 1 N–H and O–H groups in total. The molecule has 1 saturated heterocycles. The highest BCUT2D eigenvalue weighted by atomic mass is 35.5. The van der Waals surface area contributed by atoms with Gasteiger partial charge in [0.25, 0.3) is 0 Å². The van der Waals surface area contributed by atoms with Gasteiger partial charge in [0.1, 0.15) is 0 Å². The number of nitrogens with zero attached hydrogens (tertiary/aromatic N) is 2. The van der Waals surface area contributed by atoms with Crippen molar-refractivity contribution in [3.8, 4) is 0 Å². The molecule has 2 aliphatic heterocycles. The van der Waals surface area contributed by atoms with Gasteiger partial charge in [-0.1, -0.05) is 41.9 Å². The second kappa shape index (κ2) is 10.5. The highest BCUT2D eigenvalue weighted by Gasteiger charge is 2.26. The lowest BCUT2D eigenvalue weighted by Gasteiger charge is -2.35. The number of halogens is 1. The average molecular weight is 460 g/mol. The normalized spacial score (nSPS) is 17.8. The Morgan fingerprint density at radius 3 is 2.68 bits per heavy atom. The summed E-state index contributed by atoms with van der Waals surface area (Å²) in [7, 11) is 0. The second-order valence-electron chi connectivity index (χ2n) is 7.54. The summed E-state index contributed by atoms with van der Waals surface area (Å²) in [4.78, 5) is 30.2. The maximum Gasteiger partial charge on any atom is 0.237 e. The van der Waals surface area contributed by atoms with Crippen molar-refractivity contribution >= 4 is 40.9 Å². The van der Waals surface area contributed by atoms with Crippen LogP contribution in [0.2, 0.25) is 5.02 Å². The van der Waals surface area contributed by atoms with Crippen LogP contribution in [0.5, 0.6) is 0 Å². The Bertz CT molecular complexity index is 936. The standard InChI is InChI=1S/C23H26ClN3O3S/c24-18-6-2-1-5-17(18)20(26-11-13-30-14-12-26)15-25-22(28)9-10-27-19-7-3-4-8-21(19)31-16-23(27)29/h1-8,20H,9-16H2,(H,25,28). The number of morpholine rings is 1. The predicted octanol–water partition coefficient (Wildman–Crippen LogP) is 3.36. The lowest BCUT2D eigenvalue weighted by Crippen LogP contribution is -2.44. The first-order chi connectivity index (χ1) is 15.1. The van der Waals surface area contributed by atoms with E-state index in [9.17, 15) is 9.59 Å². The fourth-order valence-electron chi connectivity index (χ4n) is 3.98. The first-order valence-electron chi connectivity index (χ1n) is 10.5. The monoisotopic (exact) mass is 459 g/mol. The fraction of sp³-hybridized carbons (Fsp3) is 0.391. The SMILES string of the molecule is O=C(CCN1C(=O)CSc2ccccc21)NCC(c1ccccc1Cl)N1CCOCC1. The Balaban J connectivity index is 1.38. The summed E-state index contributed by atoms with van der Waals surface area (Å²) in [6.45, 7) is 3.76. The van der Waals surface area contributed by atoms with Crippen LogP contribution < -0.4 is 10.2 Å². The maximum atomic E-state index is 12.7. The van der Waals surface area contributed by atoms with E-state index in [0.717, 1.165) is 29.2 Å². The summed E-state index contributed by atoms with van der Waals surface area (Å²) in [6, 6.07) is 15.6. The van der Waals surface area contributed by atoms with Gasteiger partial charge < -0.3 is 15.0 Å². The molecule has 0 aromatic heterocycles. The number of ether oxygens (including phenoxy) is 1. The van der Waals surface area contributed by atoms with Crippen molar-refractivity contribution in [1.82, 2.24) is 10.2 Å².